The van der Waals surface area contributed by atoms with Crippen molar-refractivity contribution in [2.24, 2.45) is 0 Å². The number of carbonyl (C=O) groups excluding carboxylic acids is 1. The lowest BCUT2D eigenvalue weighted by Gasteiger charge is -2.13. The summed E-state index contributed by atoms with van der Waals surface area (Å²) < 4.78 is 18.4. The van der Waals surface area contributed by atoms with Crippen LogP contribution in [0, 0.1) is 0 Å². The molecule has 0 bridgehead atoms. The SMILES string of the molecule is O=C(O)c1ccc(NC(=O)c2cc(/C=C/c3cc(OCc4ccccc4)cc(OCc4ccccc4)c3)ccc2OCc2ccccc2)cc1. The van der Waals surface area contributed by atoms with E-state index in [-0.39, 0.29) is 18.1 Å². The Bertz CT molecular complexity index is 2000. The third-order valence-electron chi connectivity index (χ3n) is 7.74. The Morgan fingerprint density at radius 1 is 0.540 bits per heavy atom. The number of anilines is 1. The predicted molar refractivity (Wildman–Crippen MR) is 195 cm³/mol. The Balaban J connectivity index is 1.25. The molecule has 6 rings (SSSR count). The van der Waals surface area contributed by atoms with Crippen molar-refractivity contribution < 1.29 is 28.9 Å². The summed E-state index contributed by atoms with van der Waals surface area (Å²) >= 11 is 0. The first-order chi connectivity index (χ1) is 24.5. The summed E-state index contributed by atoms with van der Waals surface area (Å²) in [6.07, 6.45) is 3.85. The van der Waals surface area contributed by atoms with Gasteiger partial charge in [0.25, 0.3) is 5.91 Å². The first kappa shape index (κ1) is 33.3. The van der Waals surface area contributed by atoms with Crippen LogP contribution in [0.3, 0.4) is 0 Å². The molecule has 50 heavy (non-hydrogen) atoms. The summed E-state index contributed by atoms with van der Waals surface area (Å²) in [6, 6.07) is 46.8. The van der Waals surface area contributed by atoms with Crippen LogP contribution < -0.4 is 19.5 Å². The fourth-order valence-corrected chi connectivity index (χ4v) is 5.12. The highest BCUT2D eigenvalue weighted by Gasteiger charge is 2.15. The minimum atomic E-state index is -1.04. The second-order valence-electron chi connectivity index (χ2n) is 11.5. The molecule has 0 aromatic heterocycles. The van der Waals surface area contributed by atoms with Crippen molar-refractivity contribution >= 4 is 29.7 Å². The Kier molecular flexibility index (Phi) is 11.0. The van der Waals surface area contributed by atoms with Gasteiger partial charge in [-0.2, -0.15) is 0 Å². The number of aromatic carboxylic acids is 1. The van der Waals surface area contributed by atoms with Gasteiger partial charge < -0.3 is 24.6 Å². The number of amides is 1. The largest absolute Gasteiger partial charge is 0.489 e. The molecular weight excluding hydrogens is 626 g/mol. The van der Waals surface area contributed by atoms with Gasteiger partial charge >= 0.3 is 5.97 Å². The number of carbonyl (C=O) groups is 2. The zero-order valence-corrected chi connectivity index (χ0v) is 27.2. The van der Waals surface area contributed by atoms with Crippen LogP contribution in [-0.4, -0.2) is 17.0 Å². The molecule has 1 amide bonds. The summed E-state index contributed by atoms with van der Waals surface area (Å²) in [6.45, 7) is 1.10. The van der Waals surface area contributed by atoms with Crippen molar-refractivity contribution in [2.45, 2.75) is 19.8 Å². The molecule has 7 heteroatoms. The highest BCUT2D eigenvalue weighted by Crippen LogP contribution is 2.28. The lowest BCUT2D eigenvalue weighted by molar-refractivity contribution is 0.0696. The summed E-state index contributed by atoms with van der Waals surface area (Å²) in [7, 11) is 0. The van der Waals surface area contributed by atoms with Gasteiger partial charge in [0.1, 0.15) is 37.1 Å². The minimum absolute atomic E-state index is 0.130. The van der Waals surface area contributed by atoms with E-state index in [4.69, 9.17) is 14.2 Å². The summed E-state index contributed by atoms with van der Waals surface area (Å²) in [5.74, 6) is 0.315. The predicted octanol–water partition coefficient (Wildman–Crippen LogP) is 9.54. The number of ether oxygens (including phenoxy) is 3. The van der Waals surface area contributed by atoms with Gasteiger partial charge in [0, 0.05) is 11.8 Å². The van der Waals surface area contributed by atoms with Crippen LogP contribution in [0.25, 0.3) is 12.2 Å². The van der Waals surface area contributed by atoms with E-state index in [1.165, 1.54) is 12.1 Å². The molecule has 6 aromatic carbocycles. The molecule has 0 saturated heterocycles. The lowest BCUT2D eigenvalue weighted by atomic mass is 10.1. The van der Waals surface area contributed by atoms with E-state index in [1.54, 1.807) is 24.3 Å². The molecule has 2 N–H and O–H groups in total. The Hall–Kier alpha value is -6.60. The maximum absolute atomic E-state index is 13.6. The topological polar surface area (TPSA) is 94.1 Å². The number of benzene rings is 6. The molecule has 0 fully saturated rings. The number of nitrogens with one attached hydrogen (secondary N) is 1. The molecule has 7 nitrogen and oxygen atoms in total. The fraction of sp³-hybridized carbons (Fsp3) is 0.0698. The van der Waals surface area contributed by atoms with Gasteiger partial charge in [0.15, 0.2) is 0 Å². The van der Waals surface area contributed by atoms with Crippen LogP contribution in [0.1, 0.15) is 48.5 Å². The molecular formula is C43H35NO6. The van der Waals surface area contributed by atoms with Crippen LogP contribution >= 0.6 is 0 Å². The number of carboxylic acids is 1. The van der Waals surface area contributed by atoms with Gasteiger partial charge in [-0.05, 0) is 76.3 Å². The van der Waals surface area contributed by atoms with Crippen molar-refractivity contribution in [2.75, 3.05) is 5.32 Å². The van der Waals surface area contributed by atoms with Crippen LogP contribution in [0.4, 0.5) is 5.69 Å². The van der Waals surface area contributed by atoms with Crippen molar-refractivity contribution in [1.29, 1.82) is 0 Å². The van der Waals surface area contributed by atoms with Crippen LogP contribution in [0.5, 0.6) is 17.2 Å². The van der Waals surface area contributed by atoms with Gasteiger partial charge in [-0.1, -0.05) is 109 Å². The molecule has 0 aliphatic rings. The number of hydrogen-bond donors (Lipinski definition) is 2. The molecule has 0 radical (unpaired) electrons. The second-order valence-corrected chi connectivity index (χ2v) is 11.5. The molecule has 0 spiro atoms. The number of carboxylic acid groups (broad SMARTS) is 1. The van der Waals surface area contributed by atoms with E-state index in [0.29, 0.717) is 41.7 Å². The van der Waals surface area contributed by atoms with E-state index in [2.05, 4.69) is 5.32 Å². The van der Waals surface area contributed by atoms with Gasteiger partial charge in [-0.15, -0.1) is 0 Å². The second kappa shape index (κ2) is 16.5. The molecule has 0 heterocycles. The number of rotatable bonds is 14. The molecule has 0 aliphatic carbocycles. The highest BCUT2D eigenvalue weighted by molar-refractivity contribution is 6.06. The normalized spacial score (nSPS) is 10.8. The molecule has 0 aliphatic heterocycles. The average Bonchev–Trinajstić information content (AvgIpc) is 3.16. The van der Waals surface area contributed by atoms with Gasteiger partial charge in [-0.25, -0.2) is 4.79 Å². The maximum atomic E-state index is 13.6. The first-order valence-electron chi connectivity index (χ1n) is 16.1. The zero-order valence-electron chi connectivity index (χ0n) is 27.2. The van der Waals surface area contributed by atoms with Gasteiger partial charge in [-0.3, -0.25) is 4.79 Å². The van der Waals surface area contributed by atoms with E-state index in [1.807, 2.05) is 127 Å². The minimum Gasteiger partial charge on any atom is -0.489 e. The first-order valence-corrected chi connectivity index (χ1v) is 16.1. The highest BCUT2D eigenvalue weighted by atomic mass is 16.5. The van der Waals surface area contributed by atoms with Crippen molar-refractivity contribution in [1.82, 2.24) is 0 Å². The van der Waals surface area contributed by atoms with Gasteiger partial charge in [0.05, 0.1) is 11.1 Å². The summed E-state index contributed by atoms with van der Waals surface area (Å²) in [4.78, 5) is 24.9. The summed E-state index contributed by atoms with van der Waals surface area (Å²) in [5, 5.41) is 12.1. The van der Waals surface area contributed by atoms with Crippen molar-refractivity contribution in [3.63, 3.8) is 0 Å². The zero-order chi connectivity index (χ0) is 34.5. The molecule has 0 saturated carbocycles. The van der Waals surface area contributed by atoms with E-state index >= 15 is 0 Å². The fourth-order valence-electron chi connectivity index (χ4n) is 5.12. The third-order valence-corrected chi connectivity index (χ3v) is 7.74. The van der Waals surface area contributed by atoms with Crippen molar-refractivity contribution in [3.05, 3.63) is 191 Å². The smallest absolute Gasteiger partial charge is 0.335 e. The van der Waals surface area contributed by atoms with E-state index < -0.39 is 5.97 Å². The quantitative estimate of drug-likeness (QED) is 0.113. The Morgan fingerprint density at radius 3 is 1.56 bits per heavy atom. The average molecular weight is 662 g/mol. The van der Waals surface area contributed by atoms with E-state index in [0.717, 1.165) is 27.8 Å². The number of hydrogen-bond acceptors (Lipinski definition) is 5. The van der Waals surface area contributed by atoms with Gasteiger partial charge in [0.2, 0.25) is 0 Å². The van der Waals surface area contributed by atoms with Crippen molar-refractivity contribution in [3.8, 4) is 17.2 Å². The van der Waals surface area contributed by atoms with E-state index in [9.17, 15) is 14.7 Å². The third kappa shape index (κ3) is 9.49. The lowest BCUT2D eigenvalue weighted by Crippen LogP contribution is -2.14. The molecule has 6 aromatic rings. The molecule has 0 atom stereocenters. The Labute approximate surface area is 291 Å². The monoisotopic (exact) mass is 661 g/mol. The molecule has 0 unspecified atom stereocenters. The molecule has 248 valence electrons. The standard InChI is InChI=1S/C43H35NO6/c45-42(44-37-21-19-36(20-22-37)43(46)47)40-26-31(18-23-41(40)50-30-34-14-8-3-9-15-34)16-17-35-24-38(48-28-32-10-4-1-5-11-32)27-39(25-35)49-29-33-12-6-2-7-13-33/h1-27H,28-30H2,(H,44,45)(H,46,47)/b17-16+. The van der Waals surface area contributed by atoms with Crippen LogP contribution in [-0.2, 0) is 19.8 Å². The maximum Gasteiger partial charge on any atom is 0.335 e. The van der Waals surface area contributed by atoms with Crippen LogP contribution in [0.2, 0.25) is 0 Å². The summed E-state index contributed by atoms with van der Waals surface area (Å²) in [5.41, 5.74) is 5.62. The van der Waals surface area contributed by atoms with Crippen LogP contribution in [0.15, 0.2) is 152 Å². The Morgan fingerprint density at radius 2 is 1.04 bits per heavy atom.